The molecule has 1 N–H and O–H groups in total. The molecule has 5 rings (SSSR count). The fourth-order valence-electron chi connectivity index (χ4n) is 8.79. The Hall–Kier alpha value is -2.61. The Labute approximate surface area is 263 Å². The molecule has 2 aliphatic carbocycles. The summed E-state index contributed by atoms with van der Waals surface area (Å²) in [5, 5.41) is 4.27. The van der Waals surface area contributed by atoms with Crippen LogP contribution >= 0.6 is 0 Å². The molecule has 2 fully saturated rings. The number of pyridine rings is 1. The predicted molar refractivity (Wildman–Crippen MR) is 185 cm³/mol. The second-order valence-electron chi connectivity index (χ2n) is 13.9. The van der Waals surface area contributed by atoms with Gasteiger partial charge in [0.15, 0.2) is 0 Å². The lowest BCUT2D eigenvalue weighted by Crippen LogP contribution is -2.30. The number of rotatable bonds is 12. The van der Waals surface area contributed by atoms with Gasteiger partial charge in [0.1, 0.15) is 0 Å². The average Bonchev–Trinajstić information content (AvgIpc) is 3.05. The van der Waals surface area contributed by atoms with E-state index in [1.165, 1.54) is 84.3 Å². The maximum atomic E-state index is 5.63. The maximum Gasteiger partial charge on any atom is 0.0943 e. The normalized spacial score (nSPS) is 21.3. The Bertz CT molecular complexity index is 1270. The molecule has 2 heteroatoms. The molecule has 0 bridgehead atoms. The van der Waals surface area contributed by atoms with Gasteiger partial charge in [-0.2, -0.15) is 0 Å². The van der Waals surface area contributed by atoms with Crippen LogP contribution in [0.15, 0.2) is 60.7 Å². The Balaban J connectivity index is 1.65. The molecule has 2 aromatic carbocycles. The lowest BCUT2D eigenvalue weighted by atomic mass is 9.64. The van der Waals surface area contributed by atoms with Gasteiger partial charge in [0.25, 0.3) is 0 Å². The van der Waals surface area contributed by atoms with Crippen LogP contribution in [0, 0.1) is 11.8 Å². The molecule has 2 saturated carbocycles. The summed E-state index contributed by atoms with van der Waals surface area (Å²) in [6.07, 6.45) is 14.4. The van der Waals surface area contributed by atoms with Crippen LogP contribution in [-0.4, -0.2) is 4.98 Å². The Morgan fingerprint density at radius 1 is 0.651 bits per heavy atom. The molecular formula is C41H58N2. The van der Waals surface area contributed by atoms with Gasteiger partial charge in [0, 0.05) is 17.3 Å². The SMILES string of the molecule is CCC(CC)c1cccc(C(CC)CC)c1NC(c1cccc(C2CCCC3CCCCC32)n1)c1ccccc1C(C)C. The Kier molecular flexibility index (Phi) is 11.0. The van der Waals surface area contributed by atoms with Crippen LogP contribution in [0.25, 0.3) is 0 Å². The van der Waals surface area contributed by atoms with Crippen molar-refractivity contribution in [2.45, 2.75) is 142 Å². The molecule has 0 radical (unpaired) electrons. The first kappa shape index (κ1) is 31.8. The van der Waals surface area contributed by atoms with Crippen molar-refractivity contribution in [3.05, 3.63) is 94.3 Å². The zero-order valence-electron chi connectivity index (χ0n) is 28.0. The molecule has 1 heterocycles. The van der Waals surface area contributed by atoms with Crippen molar-refractivity contribution in [1.82, 2.24) is 4.98 Å². The summed E-state index contributed by atoms with van der Waals surface area (Å²) < 4.78 is 0. The summed E-state index contributed by atoms with van der Waals surface area (Å²) in [7, 11) is 0. The lowest BCUT2D eigenvalue weighted by molar-refractivity contribution is 0.142. The van der Waals surface area contributed by atoms with Gasteiger partial charge in [-0.25, -0.2) is 0 Å². The van der Waals surface area contributed by atoms with E-state index in [-0.39, 0.29) is 6.04 Å². The van der Waals surface area contributed by atoms with Crippen LogP contribution in [-0.2, 0) is 0 Å². The largest absolute Gasteiger partial charge is 0.372 e. The highest BCUT2D eigenvalue weighted by Gasteiger charge is 2.36. The van der Waals surface area contributed by atoms with Gasteiger partial charge in [-0.1, -0.05) is 122 Å². The van der Waals surface area contributed by atoms with Gasteiger partial charge in [-0.05, 0) is 103 Å². The van der Waals surface area contributed by atoms with E-state index < -0.39 is 0 Å². The van der Waals surface area contributed by atoms with E-state index in [1.54, 1.807) is 0 Å². The first-order valence-electron chi connectivity index (χ1n) is 17.9. The Morgan fingerprint density at radius 3 is 1.88 bits per heavy atom. The van der Waals surface area contributed by atoms with Crippen molar-refractivity contribution in [1.29, 1.82) is 0 Å². The molecule has 1 aromatic heterocycles. The average molecular weight is 579 g/mol. The number of para-hydroxylation sites is 1. The molecule has 2 nitrogen and oxygen atoms in total. The number of benzene rings is 2. The first-order chi connectivity index (χ1) is 21.0. The first-order valence-corrected chi connectivity index (χ1v) is 17.9. The second-order valence-corrected chi connectivity index (χ2v) is 13.9. The van der Waals surface area contributed by atoms with Crippen molar-refractivity contribution >= 4 is 5.69 Å². The highest BCUT2D eigenvalue weighted by atomic mass is 15.0. The van der Waals surface area contributed by atoms with Gasteiger partial charge >= 0.3 is 0 Å². The van der Waals surface area contributed by atoms with E-state index in [9.17, 15) is 0 Å². The molecule has 232 valence electrons. The number of hydrogen-bond donors (Lipinski definition) is 1. The molecule has 0 amide bonds. The van der Waals surface area contributed by atoms with Gasteiger partial charge in [0.2, 0.25) is 0 Å². The monoisotopic (exact) mass is 578 g/mol. The summed E-state index contributed by atoms with van der Waals surface area (Å²) in [4.78, 5) is 5.63. The number of fused-ring (bicyclic) bond motifs is 1. The third kappa shape index (κ3) is 6.89. The van der Waals surface area contributed by atoms with E-state index in [0.717, 1.165) is 37.5 Å². The van der Waals surface area contributed by atoms with Crippen molar-refractivity contribution in [3.63, 3.8) is 0 Å². The molecule has 0 spiro atoms. The van der Waals surface area contributed by atoms with Crippen LogP contribution in [0.4, 0.5) is 5.69 Å². The van der Waals surface area contributed by atoms with Gasteiger partial charge in [-0.15, -0.1) is 0 Å². The summed E-state index contributed by atoms with van der Waals surface area (Å²) in [6.45, 7) is 14.1. The highest BCUT2D eigenvalue weighted by Crippen LogP contribution is 2.48. The van der Waals surface area contributed by atoms with E-state index in [4.69, 9.17) is 4.98 Å². The minimum atomic E-state index is 0.00733. The summed E-state index contributed by atoms with van der Waals surface area (Å²) in [5.41, 5.74) is 9.64. The van der Waals surface area contributed by atoms with Gasteiger partial charge in [0.05, 0.1) is 11.7 Å². The number of hydrogen-bond acceptors (Lipinski definition) is 2. The smallest absolute Gasteiger partial charge is 0.0943 e. The maximum absolute atomic E-state index is 5.63. The molecular weight excluding hydrogens is 520 g/mol. The summed E-state index contributed by atoms with van der Waals surface area (Å²) >= 11 is 0. The molecule has 4 atom stereocenters. The van der Waals surface area contributed by atoms with Crippen LogP contribution in [0.2, 0.25) is 0 Å². The highest BCUT2D eigenvalue weighted by molar-refractivity contribution is 5.63. The molecule has 4 unspecified atom stereocenters. The number of nitrogens with one attached hydrogen (secondary N) is 1. The Morgan fingerprint density at radius 2 is 1.23 bits per heavy atom. The van der Waals surface area contributed by atoms with Crippen molar-refractivity contribution in [2.24, 2.45) is 11.8 Å². The van der Waals surface area contributed by atoms with Crippen LogP contribution in [0.3, 0.4) is 0 Å². The number of aromatic nitrogens is 1. The minimum Gasteiger partial charge on any atom is -0.372 e. The molecule has 0 saturated heterocycles. The van der Waals surface area contributed by atoms with Gasteiger partial charge in [-0.3, -0.25) is 4.98 Å². The topological polar surface area (TPSA) is 24.9 Å². The fraction of sp³-hybridized carbons (Fsp3) is 0.585. The molecule has 2 aliphatic rings. The van der Waals surface area contributed by atoms with E-state index >= 15 is 0 Å². The molecule has 0 aliphatic heterocycles. The van der Waals surface area contributed by atoms with Crippen LogP contribution in [0.1, 0.15) is 176 Å². The third-order valence-electron chi connectivity index (χ3n) is 11.2. The van der Waals surface area contributed by atoms with Crippen molar-refractivity contribution in [2.75, 3.05) is 5.32 Å². The minimum absolute atomic E-state index is 0.00733. The quantitative estimate of drug-likeness (QED) is 0.231. The predicted octanol–water partition coefficient (Wildman–Crippen LogP) is 12.3. The van der Waals surface area contributed by atoms with Crippen molar-refractivity contribution < 1.29 is 0 Å². The lowest BCUT2D eigenvalue weighted by Gasteiger charge is -2.41. The third-order valence-corrected chi connectivity index (χ3v) is 11.2. The summed E-state index contributed by atoms with van der Waals surface area (Å²) in [6, 6.07) is 23.2. The van der Waals surface area contributed by atoms with E-state index in [0.29, 0.717) is 23.7 Å². The van der Waals surface area contributed by atoms with E-state index in [2.05, 4.69) is 108 Å². The van der Waals surface area contributed by atoms with Crippen molar-refractivity contribution in [3.8, 4) is 0 Å². The molecule has 3 aromatic rings. The van der Waals surface area contributed by atoms with Crippen LogP contribution < -0.4 is 5.32 Å². The van der Waals surface area contributed by atoms with Crippen LogP contribution in [0.5, 0.6) is 0 Å². The fourth-order valence-corrected chi connectivity index (χ4v) is 8.79. The zero-order valence-corrected chi connectivity index (χ0v) is 28.0. The standard InChI is InChI=1S/C41H58N2/c1-7-29(8-2)34-23-16-24-35(30(9-3)10-4)40(34)43-41(37-22-14-13-20-32(37)28(5)6)39-27-17-26-38(42-39)36-25-15-19-31-18-11-12-21-33(31)36/h13-14,16-17,20,22-24,26-31,33,36,41,43H,7-12,15,18-19,21,25H2,1-6H3. The van der Waals surface area contributed by atoms with E-state index in [1.807, 2.05) is 0 Å². The number of anilines is 1. The summed E-state index contributed by atoms with van der Waals surface area (Å²) in [5.74, 6) is 3.86. The number of nitrogens with zero attached hydrogens (tertiary/aromatic N) is 1. The zero-order chi connectivity index (χ0) is 30.3. The van der Waals surface area contributed by atoms with Gasteiger partial charge < -0.3 is 5.32 Å². The second kappa shape index (κ2) is 14.9. The molecule has 43 heavy (non-hydrogen) atoms.